The summed E-state index contributed by atoms with van der Waals surface area (Å²) >= 11 is 1.62. The molecule has 3 heteroatoms. The number of thioether (sulfide) groups is 1. The van der Waals surface area contributed by atoms with Gasteiger partial charge in [0.15, 0.2) is 0 Å². The van der Waals surface area contributed by atoms with Crippen LogP contribution in [0, 0.1) is 5.82 Å². The van der Waals surface area contributed by atoms with Gasteiger partial charge in [-0.3, -0.25) is 0 Å². The number of nitrogens with one attached hydrogen (secondary N) is 1. The van der Waals surface area contributed by atoms with E-state index in [4.69, 9.17) is 0 Å². The number of hydrogen-bond acceptors (Lipinski definition) is 2. The monoisotopic (exact) mass is 255 g/mol. The summed E-state index contributed by atoms with van der Waals surface area (Å²) < 4.78 is 13.5. The number of hydrogen-bond donors (Lipinski definition) is 1. The van der Waals surface area contributed by atoms with Gasteiger partial charge in [0, 0.05) is 16.2 Å². The lowest BCUT2D eigenvalue weighted by atomic mass is 10.2. The highest BCUT2D eigenvalue weighted by molar-refractivity contribution is 8.00. The van der Waals surface area contributed by atoms with E-state index in [-0.39, 0.29) is 5.82 Å². The summed E-state index contributed by atoms with van der Waals surface area (Å²) in [7, 11) is 0. The van der Waals surface area contributed by atoms with Crippen LogP contribution in [0.1, 0.15) is 33.6 Å². The second-order valence-electron chi connectivity index (χ2n) is 4.45. The molecule has 0 saturated carbocycles. The molecule has 0 aliphatic rings. The summed E-state index contributed by atoms with van der Waals surface area (Å²) in [6, 6.07) is 7.48. The molecule has 0 bridgehead atoms. The van der Waals surface area contributed by atoms with Crippen molar-refractivity contribution in [3.63, 3.8) is 0 Å². The van der Waals surface area contributed by atoms with Crippen LogP contribution < -0.4 is 5.32 Å². The van der Waals surface area contributed by atoms with Gasteiger partial charge in [-0.05, 0) is 38.4 Å². The minimum absolute atomic E-state index is 0.112. The van der Waals surface area contributed by atoms with Crippen LogP contribution in [0.5, 0.6) is 0 Å². The molecule has 1 nitrogen and oxygen atoms in total. The maximum atomic E-state index is 13.5. The average molecular weight is 255 g/mol. The summed E-state index contributed by atoms with van der Waals surface area (Å²) in [5, 5.41) is 3.88. The summed E-state index contributed by atoms with van der Waals surface area (Å²) in [5.74, 6) is -0.112. The minimum Gasteiger partial charge on any atom is -0.314 e. The second kappa shape index (κ2) is 7.72. The molecule has 96 valence electrons. The van der Waals surface area contributed by atoms with Gasteiger partial charge in [-0.25, -0.2) is 4.39 Å². The van der Waals surface area contributed by atoms with Crippen LogP contribution in [-0.4, -0.2) is 17.8 Å². The van der Waals surface area contributed by atoms with Crippen molar-refractivity contribution in [3.8, 4) is 0 Å². The van der Waals surface area contributed by atoms with E-state index in [0.717, 1.165) is 24.3 Å². The largest absolute Gasteiger partial charge is 0.314 e. The van der Waals surface area contributed by atoms with Gasteiger partial charge in [-0.15, -0.1) is 11.8 Å². The normalized spacial score (nSPS) is 14.6. The van der Waals surface area contributed by atoms with Crippen molar-refractivity contribution < 1.29 is 4.39 Å². The molecule has 0 amide bonds. The van der Waals surface area contributed by atoms with Crippen molar-refractivity contribution in [1.29, 1.82) is 0 Å². The Hall–Kier alpha value is -0.540. The molecule has 17 heavy (non-hydrogen) atoms. The van der Waals surface area contributed by atoms with Gasteiger partial charge < -0.3 is 5.32 Å². The minimum atomic E-state index is -0.112. The maximum absolute atomic E-state index is 13.5. The highest BCUT2D eigenvalue weighted by Gasteiger charge is 2.11. The fourth-order valence-corrected chi connectivity index (χ4v) is 2.93. The quantitative estimate of drug-likeness (QED) is 0.737. The maximum Gasteiger partial charge on any atom is 0.136 e. The molecule has 1 aromatic rings. The lowest BCUT2D eigenvalue weighted by molar-refractivity contribution is 0.512. The van der Waals surface area contributed by atoms with Gasteiger partial charge in [-0.1, -0.05) is 26.0 Å². The number of benzene rings is 1. The van der Waals surface area contributed by atoms with Gasteiger partial charge >= 0.3 is 0 Å². The Kier molecular flexibility index (Phi) is 6.60. The van der Waals surface area contributed by atoms with Crippen molar-refractivity contribution in [2.24, 2.45) is 0 Å². The first-order valence-corrected chi connectivity index (χ1v) is 7.16. The van der Waals surface area contributed by atoms with Crippen molar-refractivity contribution in [3.05, 3.63) is 30.1 Å². The molecule has 0 aliphatic carbocycles. The Balaban J connectivity index is 2.39. The molecule has 1 aromatic carbocycles. The van der Waals surface area contributed by atoms with Crippen molar-refractivity contribution in [2.45, 2.75) is 49.8 Å². The lowest BCUT2D eigenvalue weighted by Crippen LogP contribution is -2.29. The molecule has 0 radical (unpaired) electrons. The zero-order valence-electron chi connectivity index (χ0n) is 10.9. The number of halogens is 1. The van der Waals surface area contributed by atoms with E-state index in [0.29, 0.717) is 11.3 Å². The van der Waals surface area contributed by atoms with Crippen molar-refractivity contribution >= 4 is 11.8 Å². The third-order valence-corrected chi connectivity index (χ3v) is 3.77. The molecule has 0 saturated heterocycles. The van der Waals surface area contributed by atoms with E-state index in [2.05, 4.69) is 26.1 Å². The zero-order chi connectivity index (χ0) is 12.7. The molecule has 2 unspecified atom stereocenters. The van der Waals surface area contributed by atoms with Crippen LogP contribution in [-0.2, 0) is 0 Å². The van der Waals surface area contributed by atoms with E-state index >= 15 is 0 Å². The van der Waals surface area contributed by atoms with E-state index in [9.17, 15) is 4.39 Å². The van der Waals surface area contributed by atoms with Gasteiger partial charge in [0.1, 0.15) is 5.82 Å². The molecule has 0 aliphatic heterocycles. The third kappa shape index (κ3) is 5.55. The fourth-order valence-electron chi connectivity index (χ4n) is 1.78. The van der Waals surface area contributed by atoms with Crippen molar-refractivity contribution in [1.82, 2.24) is 5.32 Å². The van der Waals surface area contributed by atoms with Crippen LogP contribution in [0.15, 0.2) is 29.2 Å². The number of rotatable bonds is 7. The topological polar surface area (TPSA) is 12.0 Å². The first kappa shape index (κ1) is 14.5. The highest BCUT2D eigenvalue weighted by atomic mass is 32.2. The second-order valence-corrected chi connectivity index (χ2v) is 5.93. The van der Waals surface area contributed by atoms with Gasteiger partial charge in [-0.2, -0.15) is 0 Å². The van der Waals surface area contributed by atoms with Crippen LogP contribution in [0.3, 0.4) is 0 Å². The van der Waals surface area contributed by atoms with Crippen LogP contribution in [0.25, 0.3) is 0 Å². The van der Waals surface area contributed by atoms with E-state index in [1.165, 1.54) is 6.07 Å². The third-order valence-electron chi connectivity index (χ3n) is 2.59. The standard InChI is InChI=1S/C14H22FNS/c1-4-9-16-11(2)10-12(3)17-14-8-6-5-7-13(14)15/h5-8,11-12,16H,4,9-10H2,1-3H3. The summed E-state index contributed by atoms with van der Waals surface area (Å²) in [4.78, 5) is 0.752. The SMILES string of the molecule is CCCNC(C)CC(C)Sc1ccccc1F. The van der Waals surface area contributed by atoms with Gasteiger partial charge in [0.2, 0.25) is 0 Å². The van der Waals surface area contributed by atoms with Crippen molar-refractivity contribution in [2.75, 3.05) is 6.54 Å². The van der Waals surface area contributed by atoms with Crippen LogP contribution in [0.2, 0.25) is 0 Å². The Labute approximate surface area is 108 Å². The molecule has 0 aromatic heterocycles. The summed E-state index contributed by atoms with van der Waals surface area (Å²) in [5.41, 5.74) is 0. The van der Waals surface area contributed by atoms with Gasteiger partial charge in [0.25, 0.3) is 0 Å². The first-order chi connectivity index (χ1) is 8.13. The van der Waals surface area contributed by atoms with E-state index in [1.54, 1.807) is 17.8 Å². The first-order valence-electron chi connectivity index (χ1n) is 6.28. The molecule has 1 rings (SSSR count). The van der Waals surface area contributed by atoms with Crippen LogP contribution >= 0.6 is 11.8 Å². The summed E-state index contributed by atoms with van der Waals surface area (Å²) in [6.45, 7) is 7.56. The molecule has 0 spiro atoms. The summed E-state index contributed by atoms with van der Waals surface area (Å²) in [6.07, 6.45) is 2.21. The van der Waals surface area contributed by atoms with E-state index < -0.39 is 0 Å². The molecular weight excluding hydrogens is 233 g/mol. The molecule has 1 N–H and O–H groups in total. The molecule has 0 heterocycles. The predicted molar refractivity (Wildman–Crippen MR) is 74.1 cm³/mol. The lowest BCUT2D eigenvalue weighted by Gasteiger charge is -2.18. The van der Waals surface area contributed by atoms with Gasteiger partial charge in [0.05, 0.1) is 0 Å². The molecular formula is C14H22FNS. The van der Waals surface area contributed by atoms with Crippen LogP contribution in [0.4, 0.5) is 4.39 Å². The Morgan fingerprint density at radius 1 is 1.29 bits per heavy atom. The molecule has 2 atom stereocenters. The Bertz CT molecular complexity index is 330. The molecule has 0 fully saturated rings. The zero-order valence-corrected chi connectivity index (χ0v) is 11.7. The average Bonchev–Trinajstić information content (AvgIpc) is 2.29. The highest BCUT2D eigenvalue weighted by Crippen LogP contribution is 2.27. The fraction of sp³-hybridized carbons (Fsp3) is 0.571. The van der Waals surface area contributed by atoms with E-state index in [1.807, 2.05) is 12.1 Å². The Morgan fingerprint density at radius 3 is 2.65 bits per heavy atom. The smallest absolute Gasteiger partial charge is 0.136 e. The predicted octanol–water partition coefficient (Wildman–Crippen LogP) is 4.08. The Morgan fingerprint density at radius 2 is 2.00 bits per heavy atom.